The zero-order valence-corrected chi connectivity index (χ0v) is 29.7. The van der Waals surface area contributed by atoms with Crippen molar-refractivity contribution in [2.75, 3.05) is 13.2 Å². The van der Waals surface area contributed by atoms with Gasteiger partial charge in [0.2, 0.25) is 11.8 Å². The van der Waals surface area contributed by atoms with Gasteiger partial charge in [-0.3, -0.25) is 15.0 Å². The summed E-state index contributed by atoms with van der Waals surface area (Å²) in [6.07, 6.45) is 6.47. The minimum atomic E-state index is -0.877. The van der Waals surface area contributed by atoms with Crippen molar-refractivity contribution in [1.82, 2.24) is 21.4 Å². The summed E-state index contributed by atoms with van der Waals surface area (Å²) in [5.41, 5.74) is 1.55. The molecule has 1 aliphatic heterocycles. The van der Waals surface area contributed by atoms with E-state index >= 15 is 0 Å². The van der Waals surface area contributed by atoms with Gasteiger partial charge >= 0.3 is 7.12 Å². The van der Waals surface area contributed by atoms with Gasteiger partial charge in [-0.05, 0) is 92.8 Å². The van der Waals surface area contributed by atoms with Crippen molar-refractivity contribution in [3.63, 3.8) is 0 Å². The number of ether oxygens (including phenoxy) is 1. The zero-order chi connectivity index (χ0) is 34.7. The van der Waals surface area contributed by atoms with Gasteiger partial charge in [0.1, 0.15) is 12.6 Å². The molecule has 0 unspecified atom stereocenters. The van der Waals surface area contributed by atoms with Crippen LogP contribution in [0.1, 0.15) is 107 Å². The Morgan fingerprint density at radius 2 is 1.83 bits per heavy atom. The van der Waals surface area contributed by atoms with Crippen LogP contribution in [0.25, 0.3) is 0 Å². The summed E-state index contributed by atoms with van der Waals surface area (Å²) in [6.45, 7) is 17.6. The zero-order valence-electron chi connectivity index (χ0n) is 29.7. The van der Waals surface area contributed by atoms with Crippen LogP contribution in [0, 0.1) is 56.4 Å². The number of hydrogen-bond acceptors (Lipinski definition) is 8. The molecule has 0 aromatic carbocycles. The van der Waals surface area contributed by atoms with E-state index in [1.54, 1.807) is 5.43 Å². The number of nitrogens with one attached hydrogen (secondary N) is 5. The Morgan fingerprint density at radius 1 is 1.11 bits per heavy atom. The minimum absolute atomic E-state index is 0.00545. The van der Waals surface area contributed by atoms with Crippen molar-refractivity contribution in [1.29, 1.82) is 5.41 Å². The molecule has 47 heavy (non-hydrogen) atoms. The maximum absolute atomic E-state index is 13.9. The van der Waals surface area contributed by atoms with Crippen LogP contribution in [0.2, 0.25) is 0 Å². The van der Waals surface area contributed by atoms with E-state index in [2.05, 4.69) is 71.3 Å². The fraction of sp³-hybridized carbons (Fsp3) is 0.909. The van der Waals surface area contributed by atoms with Gasteiger partial charge in [0.15, 0.2) is 5.03 Å². The van der Waals surface area contributed by atoms with Crippen molar-refractivity contribution < 1.29 is 28.7 Å². The first-order chi connectivity index (χ1) is 22.0. The summed E-state index contributed by atoms with van der Waals surface area (Å²) in [5.74, 6) is 1.07. The summed E-state index contributed by atoms with van der Waals surface area (Å²) >= 11 is 0. The number of nitro groups is 1. The average Bonchev–Trinajstić information content (AvgIpc) is 3.33. The van der Waals surface area contributed by atoms with Gasteiger partial charge < -0.3 is 30.0 Å². The van der Waals surface area contributed by atoms with Crippen LogP contribution >= 0.6 is 0 Å². The molecule has 14 heteroatoms. The summed E-state index contributed by atoms with van der Waals surface area (Å²) in [6, 6.07) is -0.877. The van der Waals surface area contributed by atoms with Crippen LogP contribution in [0.4, 0.5) is 0 Å². The van der Waals surface area contributed by atoms with Crippen LogP contribution < -0.4 is 21.4 Å². The molecule has 13 nitrogen and oxygen atoms in total. The molecule has 4 aliphatic carbocycles. The van der Waals surface area contributed by atoms with Gasteiger partial charge in [-0.2, -0.15) is 0 Å². The maximum Gasteiger partial charge on any atom is 0.481 e. The Kier molecular flexibility index (Phi) is 12.3. The van der Waals surface area contributed by atoms with Gasteiger partial charge in [0.25, 0.3) is 5.96 Å². The molecule has 5 rings (SSSR count). The van der Waals surface area contributed by atoms with Crippen LogP contribution in [0.15, 0.2) is 0 Å². The van der Waals surface area contributed by atoms with Gasteiger partial charge in [-0.25, -0.2) is 10.1 Å². The molecular weight excluding hydrogens is 603 g/mol. The lowest BCUT2D eigenvalue weighted by Crippen LogP contribution is -2.65. The van der Waals surface area contributed by atoms with E-state index in [9.17, 15) is 19.7 Å². The molecule has 266 valence electrons. The molecule has 5 aliphatic rings. The Labute approximate surface area is 280 Å². The molecule has 0 radical (unpaired) electrons. The van der Waals surface area contributed by atoms with E-state index in [0.717, 1.165) is 32.1 Å². The van der Waals surface area contributed by atoms with E-state index in [1.807, 2.05) is 0 Å². The van der Waals surface area contributed by atoms with Crippen LogP contribution in [0.5, 0.6) is 0 Å². The van der Waals surface area contributed by atoms with Crippen molar-refractivity contribution in [2.24, 2.45) is 40.9 Å². The maximum atomic E-state index is 13.9. The molecule has 9 atom stereocenters. The van der Waals surface area contributed by atoms with Crippen molar-refractivity contribution in [3.8, 4) is 0 Å². The van der Waals surface area contributed by atoms with E-state index in [-0.39, 0.29) is 54.9 Å². The number of hydrogen-bond donors (Lipinski definition) is 5. The molecule has 1 saturated heterocycles. The number of rotatable bonds is 15. The summed E-state index contributed by atoms with van der Waals surface area (Å²) < 4.78 is 19.4. The smallest absolute Gasteiger partial charge is 0.404 e. The molecule has 0 aromatic heterocycles. The van der Waals surface area contributed by atoms with Gasteiger partial charge in [0.05, 0.1) is 23.8 Å². The second-order valence-corrected chi connectivity index (χ2v) is 16.2. The Morgan fingerprint density at radius 3 is 2.47 bits per heavy atom. The quantitative estimate of drug-likeness (QED) is 0.0436. The number of carbonyl (C=O) groups excluding carboxylic acids is 2. The Balaban J connectivity index is 1.41. The minimum Gasteiger partial charge on any atom is -0.404 e. The highest BCUT2D eigenvalue weighted by atomic mass is 16.7. The molecule has 2 bridgehead atoms. The summed E-state index contributed by atoms with van der Waals surface area (Å²) in [4.78, 5) is 37.8. The highest BCUT2D eigenvalue weighted by Crippen LogP contribution is 2.65. The van der Waals surface area contributed by atoms with Crippen molar-refractivity contribution in [2.45, 2.75) is 137 Å². The van der Waals surface area contributed by atoms with Gasteiger partial charge in [0, 0.05) is 6.54 Å². The molecule has 0 aromatic rings. The van der Waals surface area contributed by atoms with Crippen LogP contribution in [-0.4, -0.2) is 72.9 Å². The molecule has 5 fully saturated rings. The lowest BCUT2D eigenvalue weighted by molar-refractivity contribution is -0.525. The summed E-state index contributed by atoms with van der Waals surface area (Å²) in [5, 5.41) is 26.2. The number of hydrazine groups is 1. The molecule has 1 heterocycles. The van der Waals surface area contributed by atoms with E-state index in [1.165, 1.54) is 0 Å². The number of guanidine groups is 1. The molecule has 2 amide bonds. The topological polar surface area (TPSA) is 177 Å². The van der Waals surface area contributed by atoms with Gasteiger partial charge in [-0.1, -0.05) is 60.3 Å². The van der Waals surface area contributed by atoms with E-state index < -0.39 is 35.7 Å². The fourth-order valence-electron chi connectivity index (χ4n) is 8.74. The van der Waals surface area contributed by atoms with E-state index in [4.69, 9.17) is 19.5 Å². The first-order valence-corrected chi connectivity index (χ1v) is 17.8. The first-order valence-electron chi connectivity index (χ1n) is 17.8. The number of carbonyl (C=O) groups is 2. The predicted octanol–water partition coefficient (Wildman–Crippen LogP) is 3.83. The first kappa shape index (κ1) is 37.4. The summed E-state index contributed by atoms with van der Waals surface area (Å²) in [7, 11) is -0.595. The third-order valence-electron chi connectivity index (χ3n) is 11.6. The third kappa shape index (κ3) is 8.97. The Hall–Kier alpha value is -2.45. The molecular formula is C33H59BN6O7. The number of amides is 2. The monoisotopic (exact) mass is 662 g/mol. The normalized spacial score (nSPS) is 32.2. The predicted molar refractivity (Wildman–Crippen MR) is 180 cm³/mol. The SMILES string of the molecule is CC(C)C[C@H](NC(=O)[C@H](CCCNC(=N)N[N+](=O)[O-])NC(=O)CO[C@H]1C[C@@H](C)CC[C@@H]1C(C)C)B1O[C@@H]2C[C@@H]3C[C@@H](C3(C)C)[C@]2(C)O1. The highest BCUT2D eigenvalue weighted by molar-refractivity contribution is 6.48. The van der Waals surface area contributed by atoms with Crippen molar-refractivity contribution >= 4 is 24.9 Å². The highest BCUT2D eigenvalue weighted by Gasteiger charge is 2.68. The lowest BCUT2D eigenvalue weighted by Gasteiger charge is -2.64. The van der Waals surface area contributed by atoms with Crippen LogP contribution in [0.3, 0.4) is 0 Å². The van der Waals surface area contributed by atoms with Crippen molar-refractivity contribution in [3.05, 3.63) is 10.1 Å². The second kappa shape index (κ2) is 15.4. The molecule has 0 spiro atoms. The second-order valence-electron chi connectivity index (χ2n) is 16.2. The third-order valence-corrected chi connectivity index (χ3v) is 11.6. The molecule has 5 N–H and O–H groups in total. The standard InChI is InChI=1S/C33H59BN6O7/c1-19(2)14-28(34-46-27-17-22-16-26(32(22,6)7)33(27,8)47-34)38-30(42)24(10-9-13-36-31(35)39-40(43)44)37-29(41)18-45-25-15-21(5)11-12-23(25)20(3)4/h19-28H,9-18H2,1-8H3,(H,37,41)(H,38,42)(H3,35,36,39)/t21-,22-,23+,24-,25-,26-,27+,28-,33-/m0/s1. The lowest BCUT2D eigenvalue weighted by atomic mass is 9.43. The van der Waals surface area contributed by atoms with Crippen LogP contribution in [-0.2, 0) is 23.6 Å². The Bertz CT molecular complexity index is 1140. The number of nitrogens with zero attached hydrogens (tertiary/aromatic N) is 1. The van der Waals surface area contributed by atoms with E-state index in [0.29, 0.717) is 42.4 Å². The van der Waals surface area contributed by atoms with Gasteiger partial charge in [-0.15, -0.1) is 0 Å². The molecule has 4 saturated carbocycles. The largest absolute Gasteiger partial charge is 0.481 e. The fourth-order valence-corrected chi connectivity index (χ4v) is 8.74. The average molecular weight is 663 g/mol.